The highest BCUT2D eigenvalue weighted by molar-refractivity contribution is 5.53. The summed E-state index contributed by atoms with van der Waals surface area (Å²) in [6, 6.07) is 14.9. The highest BCUT2D eigenvalue weighted by atomic mass is 19.1. The minimum atomic E-state index is -0.400. The molecule has 1 aliphatic heterocycles. The number of aromatic nitrogens is 1. The molecule has 0 bridgehead atoms. The maximum atomic E-state index is 13.9. The number of rotatable bonds is 4. The summed E-state index contributed by atoms with van der Waals surface area (Å²) in [5, 5.41) is 9.12. The van der Waals surface area contributed by atoms with E-state index in [0.29, 0.717) is 36.7 Å². The number of fused-ring (bicyclic) bond motifs is 1. The lowest BCUT2D eigenvalue weighted by Gasteiger charge is -2.27. The molecule has 5 heteroatoms. The van der Waals surface area contributed by atoms with Crippen LogP contribution in [0.2, 0.25) is 0 Å². The second-order valence-corrected chi connectivity index (χ2v) is 8.01. The fourth-order valence-electron chi connectivity index (χ4n) is 4.06. The fraction of sp³-hybridized carbons (Fsp3) is 0.333. The highest BCUT2D eigenvalue weighted by Crippen LogP contribution is 2.36. The fourth-order valence-corrected chi connectivity index (χ4v) is 4.06. The Morgan fingerprint density at radius 2 is 2.03 bits per heavy atom. The average Bonchev–Trinajstić information content (AvgIpc) is 3.17. The monoisotopic (exact) mass is 389 g/mol. The van der Waals surface area contributed by atoms with Gasteiger partial charge >= 0.3 is 0 Å². The van der Waals surface area contributed by atoms with Gasteiger partial charge in [-0.1, -0.05) is 31.2 Å². The van der Waals surface area contributed by atoms with Gasteiger partial charge in [0, 0.05) is 18.7 Å². The Morgan fingerprint density at radius 1 is 1.24 bits per heavy atom. The van der Waals surface area contributed by atoms with Crippen molar-refractivity contribution in [1.29, 1.82) is 5.26 Å². The molecule has 0 saturated carbocycles. The van der Waals surface area contributed by atoms with Crippen LogP contribution in [0.3, 0.4) is 0 Å². The van der Waals surface area contributed by atoms with E-state index in [1.54, 1.807) is 6.07 Å². The van der Waals surface area contributed by atoms with Gasteiger partial charge in [0.05, 0.1) is 23.6 Å². The van der Waals surface area contributed by atoms with E-state index in [1.807, 2.05) is 11.0 Å². The Balaban J connectivity index is 1.65. The maximum absolute atomic E-state index is 13.9. The van der Waals surface area contributed by atoms with Gasteiger partial charge < -0.3 is 9.32 Å². The van der Waals surface area contributed by atoms with Crippen molar-refractivity contribution >= 4 is 5.69 Å². The maximum Gasteiger partial charge on any atom is 0.204 e. The minimum Gasteiger partial charge on any atom is -0.444 e. The first-order valence-corrected chi connectivity index (χ1v) is 9.95. The van der Waals surface area contributed by atoms with Gasteiger partial charge in [-0.3, -0.25) is 0 Å². The molecule has 148 valence electrons. The Hall–Kier alpha value is -3.13. The molecule has 4 rings (SSSR count). The van der Waals surface area contributed by atoms with E-state index in [-0.39, 0.29) is 5.41 Å². The summed E-state index contributed by atoms with van der Waals surface area (Å²) in [5.41, 5.74) is 4.08. The lowest BCUT2D eigenvalue weighted by Crippen LogP contribution is -2.30. The third-order valence-corrected chi connectivity index (χ3v) is 5.71. The van der Waals surface area contributed by atoms with Crippen molar-refractivity contribution in [1.82, 2.24) is 4.98 Å². The molecule has 2 aromatic carbocycles. The van der Waals surface area contributed by atoms with Crippen LogP contribution in [-0.2, 0) is 24.8 Å². The van der Waals surface area contributed by atoms with E-state index in [4.69, 9.17) is 14.7 Å². The van der Waals surface area contributed by atoms with Gasteiger partial charge in [-0.15, -0.1) is 0 Å². The first-order valence-electron chi connectivity index (χ1n) is 9.95. The SMILES string of the molecule is CCc1ccccc1C(C)(C)c1nc2c(o1)CCN(c1cc(F)cc(C#N)c1)C2. The third-order valence-electron chi connectivity index (χ3n) is 5.71. The van der Waals surface area contributed by atoms with Crippen LogP contribution in [0.5, 0.6) is 0 Å². The summed E-state index contributed by atoms with van der Waals surface area (Å²) in [6.45, 7) is 7.67. The third kappa shape index (κ3) is 3.51. The van der Waals surface area contributed by atoms with Crippen LogP contribution >= 0.6 is 0 Å². The second-order valence-electron chi connectivity index (χ2n) is 8.01. The van der Waals surface area contributed by atoms with Crippen LogP contribution in [0.25, 0.3) is 0 Å². The average molecular weight is 389 g/mol. The lowest BCUT2D eigenvalue weighted by atomic mass is 9.81. The van der Waals surface area contributed by atoms with Crippen LogP contribution < -0.4 is 4.90 Å². The molecule has 0 amide bonds. The molecule has 0 spiro atoms. The van der Waals surface area contributed by atoms with Crippen LogP contribution in [0.4, 0.5) is 10.1 Å². The topological polar surface area (TPSA) is 53.1 Å². The molecule has 1 aliphatic rings. The van der Waals surface area contributed by atoms with Crippen molar-refractivity contribution in [2.45, 2.75) is 45.6 Å². The second kappa shape index (κ2) is 7.36. The molecule has 2 heterocycles. The van der Waals surface area contributed by atoms with Crippen molar-refractivity contribution in [3.63, 3.8) is 0 Å². The Bertz CT molecular complexity index is 1090. The number of hydrogen-bond donors (Lipinski definition) is 0. The number of nitrogens with zero attached hydrogens (tertiary/aromatic N) is 3. The number of benzene rings is 2. The van der Waals surface area contributed by atoms with Gasteiger partial charge in [0.1, 0.15) is 17.3 Å². The molecule has 0 aliphatic carbocycles. The van der Waals surface area contributed by atoms with Crippen LogP contribution in [0.1, 0.15) is 54.8 Å². The number of hydrogen-bond acceptors (Lipinski definition) is 4. The Labute approximate surface area is 170 Å². The molecule has 3 aromatic rings. The summed E-state index contributed by atoms with van der Waals surface area (Å²) in [5.74, 6) is 1.21. The van der Waals surface area contributed by atoms with Gasteiger partial charge in [0.2, 0.25) is 5.89 Å². The van der Waals surface area contributed by atoms with Crippen LogP contribution in [0.15, 0.2) is 46.9 Å². The predicted octanol–water partition coefficient (Wildman–Crippen LogP) is 5.14. The van der Waals surface area contributed by atoms with E-state index in [2.05, 4.69) is 45.0 Å². The number of halogens is 1. The zero-order valence-corrected chi connectivity index (χ0v) is 17.0. The number of aryl methyl sites for hydroxylation is 1. The summed E-state index contributed by atoms with van der Waals surface area (Å²) >= 11 is 0. The van der Waals surface area contributed by atoms with Crippen molar-refractivity contribution in [3.05, 3.63) is 82.3 Å². The van der Waals surface area contributed by atoms with Gasteiger partial charge in [-0.05, 0) is 49.6 Å². The summed E-state index contributed by atoms with van der Waals surface area (Å²) in [4.78, 5) is 6.90. The first-order chi connectivity index (χ1) is 13.9. The molecule has 29 heavy (non-hydrogen) atoms. The minimum absolute atomic E-state index is 0.323. The Kier molecular flexibility index (Phi) is 4.87. The molecule has 0 unspecified atom stereocenters. The van der Waals surface area contributed by atoms with E-state index >= 15 is 0 Å². The highest BCUT2D eigenvalue weighted by Gasteiger charge is 2.33. The number of anilines is 1. The Morgan fingerprint density at radius 3 is 2.79 bits per heavy atom. The van der Waals surface area contributed by atoms with Crippen molar-refractivity contribution < 1.29 is 8.81 Å². The van der Waals surface area contributed by atoms with Gasteiger partial charge in [-0.25, -0.2) is 9.37 Å². The van der Waals surface area contributed by atoms with Crippen molar-refractivity contribution in [2.24, 2.45) is 0 Å². The molecule has 0 N–H and O–H groups in total. The van der Waals surface area contributed by atoms with E-state index in [0.717, 1.165) is 17.9 Å². The van der Waals surface area contributed by atoms with Crippen LogP contribution in [-0.4, -0.2) is 11.5 Å². The zero-order valence-electron chi connectivity index (χ0n) is 17.0. The molecular formula is C24H24FN3O. The predicted molar refractivity (Wildman–Crippen MR) is 110 cm³/mol. The van der Waals surface area contributed by atoms with Crippen molar-refractivity contribution in [2.75, 3.05) is 11.4 Å². The van der Waals surface area contributed by atoms with Gasteiger partial charge in [0.25, 0.3) is 0 Å². The normalized spacial score (nSPS) is 13.8. The van der Waals surface area contributed by atoms with E-state index in [1.165, 1.54) is 23.3 Å². The van der Waals surface area contributed by atoms with E-state index < -0.39 is 5.82 Å². The zero-order chi connectivity index (χ0) is 20.6. The quantitative estimate of drug-likeness (QED) is 0.620. The largest absolute Gasteiger partial charge is 0.444 e. The summed E-state index contributed by atoms with van der Waals surface area (Å²) < 4.78 is 20.1. The lowest BCUT2D eigenvalue weighted by molar-refractivity contribution is 0.385. The number of nitriles is 1. The first kappa shape index (κ1) is 19.2. The molecule has 0 fully saturated rings. The standard InChI is InChI=1S/C24H24FN3O/c1-4-17-7-5-6-8-20(17)24(2,3)23-27-21-15-28(10-9-22(21)29-23)19-12-16(14-26)11-18(25)13-19/h5-8,11-13H,4,9-10,15H2,1-3H3. The van der Waals surface area contributed by atoms with E-state index in [9.17, 15) is 4.39 Å². The molecule has 1 aromatic heterocycles. The smallest absolute Gasteiger partial charge is 0.204 e. The van der Waals surface area contributed by atoms with Crippen molar-refractivity contribution in [3.8, 4) is 6.07 Å². The van der Waals surface area contributed by atoms with Gasteiger partial charge in [-0.2, -0.15) is 5.26 Å². The summed E-state index contributed by atoms with van der Waals surface area (Å²) in [6.07, 6.45) is 1.65. The molecule has 0 radical (unpaired) electrons. The van der Waals surface area contributed by atoms with Gasteiger partial charge in [0.15, 0.2) is 0 Å². The van der Waals surface area contributed by atoms with Crippen LogP contribution in [0, 0.1) is 17.1 Å². The molecule has 4 nitrogen and oxygen atoms in total. The summed E-state index contributed by atoms with van der Waals surface area (Å²) in [7, 11) is 0. The molecule has 0 atom stereocenters. The molecule has 0 saturated heterocycles. The molecular weight excluding hydrogens is 365 g/mol. The number of oxazole rings is 1.